The van der Waals surface area contributed by atoms with Crippen molar-refractivity contribution in [2.75, 3.05) is 13.1 Å². The lowest BCUT2D eigenvalue weighted by Crippen LogP contribution is -2.38. The molecule has 4 nitrogen and oxygen atoms in total. The summed E-state index contributed by atoms with van der Waals surface area (Å²) in [5.41, 5.74) is 0. The van der Waals surface area contributed by atoms with Crippen LogP contribution in [0.5, 0.6) is 0 Å². The normalized spacial score (nSPS) is 10.3. The fraction of sp³-hybridized carbons (Fsp3) is 0.600. The van der Waals surface area contributed by atoms with E-state index in [4.69, 9.17) is 12.2 Å². The molecule has 0 spiro atoms. The molecule has 0 amide bonds. The van der Waals surface area contributed by atoms with Crippen molar-refractivity contribution >= 4 is 17.3 Å². The van der Waals surface area contributed by atoms with Gasteiger partial charge in [-0.15, -0.1) is 0 Å². The number of imidazole rings is 1. The highest BCUT2D eigenvalue weighted by Crippen LogP contribution is 1.89. The van der Waals surface area contributed by atoms with Gasteiger partial charge in [0.05, 0.1) is 0 Å². The van der Waals surface area contributed by atoms with E-state index >= 15 is 0 Å². The van der Waals surface area contributed by atoms with Crippen LogP contribution in [0.4, 0.5) is 0 Å². The fourth-order valence-electron chi connectivity index (χ4n) is 1.09. The average Bonchev–Trinajstić information content (AvgIpc) is 2.67. The zero-order chi connectivity index (χ0) is 11.1. The van der Waals surface area contributed by atoms with Crippen molar-refractivity contribution in [2.24, 2.45) is 5.92 Å². The molecule has 5 heteroatoms. The first-order valence-corrected chi connectivity index (χ1v) is 5.59. The van der Waals surface area contributed by atoms with Crippen LogP contribution in [-0.4, -0.2) is 28.2 Å². The van der Waals surface area contributed by atoms with Crippen LogP contribution in [0, 0.1) is 5.92 Å². The van der Waals surface area contributed by atoms with Crippen molar-refractivity contribution in [1.29, 1.82) is 0 Å². The number of aromatic nitrogens is 2. The van der Waals surface area contributed by atoms with Crippen LogP contribution in [0.1, 0.15) is 19.7 Å². The van der Waals surface area contributed by atoms with E-state index in [9.17, 15) is 0 Å². The van der Waals surface area contributed by atoms with Crippen LogP contribution in [0.15, 0.2) is 12.4 Å². The molecule has 0 bridgehead atoms. The summed E-state index contributed by atoms with van der Waals surface area (Å²) < 4.78 is 0. The van der Waals surface area contributed by atoms with Gasteiger partial charge in [-0.25, -0.2) is 4.98 Å². The molecular formula is C10H18N4S. The van der Waals surface area contributed by atoms with Crippen molar-refractivity contribution < 1.29 is 0 Å². The number of H-pyrrole nitrogens is 1. The monoisotopic (exact) mass is 226 g/mol. The number of aromatic amines is 1. The molecule has 0 saturated carbocycles. The summed E-state index contributed by atoms with van der Waals surface area (Å²) in [5.74, 6) is 1.59. The van der Waals surface area contributed by atoms with E-state index in [-0.39, 0.29) is 0 Å². The van der Waals surface area contributed by atoms with Gasteiger partial charge in [-0.3, -0.25) is 0 Å². The molecule has 15 heavy (non-hydrogen) atoms. The van der Waals surface area contributed by atoms with E-state index in [2.05, 4.69) is 34.4 Å². The van der Waals surface area contributed by atoms with Gasteiger partial charge in [-0.05, 0) is 18.1 Å². The number of rotatable bonds is 5. The van der Waals surface area contributed by atoms with E-state index in [0.29, 0.717) is 5.92 Å². The zero-order valence-corrected chi connectivity index (χ0v) is 10.0. The molecule has 1 heterocycles. The van der Waals surface area contributed by atoms with Gasteiger partial charge in [0.25, 0.3) is 0 Å². The second-order valence-corrected chi connectivity index (χ2v) is 4.22. The van der Waals surface area contributed by atoms with Gasteiger partial charge in [0.1, 0.15) is 5.82 Å². The first-order chi connectivity index (χ1) is 7.18. The Morgan fingerprint density at radius 1 is 1.53 bits per heavy atom. The lowest BCUT2D eigenvalue weighted by Gasteiger charge is -2.11. The minimum atomic E-state index is 0.606. The molecule has 0 atom stereocenters. The highest BCUT2D eigenvalue weighted by molar-refractivity contribution is 7.80. The van der Waals surface area contributed by atoms with Gasteiger partial charge < -0.3 is 15.6 Å². The Morgan fingerprint density at radius 3 is 2.93 bits per heavy atom. The summed E-state index contributed by atoms with van der Waals surface area (Å²) in [7, 11) is 0. The van der Waals surface area contributed by atoms with Crippen LogP contribution in [-0.2, 0) is 6.42 Å². The topological polar surface area (TPSA) is 52.7 Å². The van der Waals surface area contributed by atoms with Gasteiger partial charge in [-0.1, -0.05) is 13.8 Å². The van der Waals surface area contributed by atoms with Gasteiger partial charge in [-0.2, -0.15) is 0 Å². The van der Waals surface area contributed by atoms with Crippen molar-refractivity contribution in [1.82, 2.24) is 20.6 Å². The Hall–Kier alpha value is -1.10. The van der Waals surface area contributed by atoms with E-state index < -0.39 is 0 Å². The Morgan fingerprint density at radius 2 is 2.33 bits per heavy atom. The predicted molar refractivity (Wildman–Crippen MR) is 65.7 cm³/mol. The molecule has 0 aromatic carbocycles. The number of thiocarbonyl (C=S) groups is 1. The number of nitrogens with zero attached hydrogens (tertiary/aromatic N) is 1. The highest BCUT2D eigenvalue weighted by Gasteiger charge is 1.98. The standard InChI is InChI=1S/C10H18N4S/c1-8(2)7-14-10(15)13-4-3-9-11-5-6-12-9/h5-6,8H,3-4,7H2,1-2H3,(H,11,12)(H2,13,14,15). The molecule has 0 unspecified atom stereocenters. The summed E-state index contributed by atoms with van der Waals surface area (Å²) in [6, 6.07) is 0. The molecule has 0 aliphatic carbocycles. The Balaban J connectivity index is 2.07. The lowest BCUT2D eigenvalue weighted by molar-refractivity contribution is 0.619. The largest absolute Gasteiger partial charge is 0.362 e. The Labute approximate surface area is 95.9 Å². The quantitative estimate of drug-likeness (QED) is 0.658. The summed E-state index contributed by atoms with van der Waals surface area (Å²) in [4.78, 5) is 7.17. The molecule has 0 radical (unpaired) electrons. The van der Waals surface area contributed by atoms with E-state index in [0.717, 1.165) is 30.4 Å². The molecule has 0 fully saturated rings. The van der Waals surface area contributed by atoms with Gasteiger partial charge in [0.15, 0.2) is 5.11 Å². The van der Waals surface area contributed by atoms with Crippen LogP contribution in [0.25, 0.3) is 0 Å². The zero-order valence-electron chi connectivity index (χ0n) is 9.21. The van der Waals surface area contributed by atoms with E-state index in [1.807, 2.05) is 6.20 Å². The predicted octanol–water partition coefficient (Wildman–Crippen LogP) is 1.07. The fourth-order valence-corrected chi connectivity index (χ4v) is 1.27. The molecule has 0 aliphatic heterocycles. The van der Waals surface area contributed by atoms with Crippen LogP contribution < -0.4 is 10.6 Å². The molecule has 0 aliphatic rings. The van der Waals surface area contributed by atoms with Crippen molar-refractivity contribution in [3.05, 3.63) is 18.2 Å². The number of nitrogens with one attached hydrogen (secondary N) is 3. The second-order valence-electron chi connectivity index (χ2n) is 3.82. The van der Waals surface area contributed by atoms with Gasteiger partial charge >= 0.3 is 0 Å². The number of hydrogen-bond acceptors (Lipinski definition) is 2. The highest BCUT2D eigenvalue weighted by atomic mass is 32.1. The van der Waals surface area contributed by atoms with Crippen molar-refractivity contribution in [3.8, 4) is 0 Å². The van der Waals surface area contributed by atoms with E-state index in [1.165, 1.54) is 0 Å². The maximum atomic E-state index is 5.11. The summed E-state index contributed by atoms with van der Waals surface area (Å²) in [5, 5.41) is 7.01. The molecule has 1 rings (SSSR count). The summed E-state index contributed by atoms with van der Waals surface area (Å²) >= 11 is 5.11. The lowest BCUT2D eigenvalue weighted by atomic mass is 10.2. The Bertz CT molecular complexity index is 282. The van der Waals surface area contributed by atoms with Gasteiger partial charge in [0, 0.05) is 31.9 Å². The Kier molecular flexibility index (Phi) is 5.10. The summed E-state index contributed by atoms with van der Waals surface area (Å²) in [6.45, 7) is 6.01. The molecule has 1 aromatic rings. The third-order valence-electron chi connectivity index (χ3n) is 1.87. The molecular weight excluding hydrogens is 208 g/mol. The molecule has 84 valence electrons. The maximum absolute atomic E-state index is 5.11. The van der Waals surface area contributed by atoms with Crippen molar-refractivity contribution in [2.45, 2.75) is 20.3 Å². The first kappa shape index (κ1) is 12.0. The van der Waals surface area contributed by atoms with Crippen LogP contribution in [0.3, 0.4) is 0 Å². The third kappa shape index (κ3) is 5.37. The molecule has 1 aromatic heterocycles. The van der Waals surface area contributed by atoms with Gasteiger partial charge in [0.2, 0.25) is 0 Å². The minimum Gasteiger partial charge on any atom is -0.362 e. The van der Waals surface area contributed by atoms with Crippen LogP contribution >= 0.6 is 12.2 Å². The first-order valence-electron chi connectivity index (χ1n) is 5.18. The smallest absolute Gasteiger partial charge is 0.166 e. The maximum Gasteiger partial charge on any atom is 0.166 e. The second kappa shape index (κ2) is 6.40. The molecule has 0 saturated heterocycles. The van der Waals surface area contributed by atoms with Crippen LogP contribution in [0.2, 0.25) is 0 Å². The summed E-state index contributed by atoms with van der Waals surface area (Å²) in [6.07, 6.45) is 4.44. The molecule has 3 N–H and O–H groups in total. The average molecular weight is 226 g/mol. The van der Waals surface area contributed by atoms with E-state index in [1.54, 1.807) is 6.20 Å². The van der Waals surface area contributed by atoms with Crippen molar-refractivity contribution in [3.63, 3.8) is 0 Å². The SMILES string of the molecule is CC(C)CNC(=S)NCCc1ncc[nH]1. The number of hydrogen-bond donors (Lipinski definition) is 3. The third-order valence-corrected chi connectivity index (χ3v) is 2.16. The minimum absolute atomic E-state index is 0.606.